The first-order chi connectivity index (χ1) is 16.7. The van der Waals surface area contributed by atoms with Gasteiger partial charge in [0.25, 0.3) is 5.91 Å². The Bertz CT molecular complexity index is 1110. The molecule has 0 radical (unpaired) electrons. The highest BCUT2D eigenvalue weighted by Crippen LogP contribution is 2.30. The molecule has 186 valence electrons. The molecule has 3 aromatic rings. The molecule has 35 heavy (non-hydrogen) atoms. The Morgan fingerprint density at radius 3 is 2.26 bits per heavy atom. The molecule has 2 amide bonds. The molecular weight excluding hydrogens is 454 g/mol. The van der Waals surface area contributed by atoms with Gasteiger partial charge in [-0.1, -0.05) is 57.2 Å². The van der Waals surface area contributed by atoms with Crippen LogP contribution in [0.2, 0.25) is 0 Å². The molecule has 0 unspecified atom stereocenters. The number of rotatable bonds is 10. The summed E-state index contributed by atoms with van der Waals surface area (Å²) in [5.41, 5.74) is 3.80. The highest BCUT2D eigenvalue weighted by Gasteiger charge is 2.30. The van der Waals surface area contributed by atoms with E-state index in [1.54, 1.807) is 0 Å². The number of anilines is 2. The predicted octanol–water partition coefficient (Wildman–Crippen LogP) is 6.63. The molecular formula is C29H37N3O2S. The summed E-state index contributed by atoms with van der Waals surface area (Å²) in [6.45, 7) is 8.97. The fourth-order valence-corrected chi connectivity index (χ4v) is 4.85. The maximum atomic E-state index is 14.0. The molecule has 0 aliphatic heterocycles. The van der Waals surface area contributed by atoms with Crippen LogP contribution in [0, 0.1) is 5.92 Å². The van der Waals surface area contributed by atoms with Crippen LogP contribution < -0.4 is 10.2 Å². The molecule has 6 heteroatoms. The van der Waals surface area contributed by atoms with Crippen LogP contribution in [0.15, 0.2) is 66.0 Å². The van der Waals surface area contributed by atoms with E-state index in [4.69, 9.17) is 0 Å². The average Bonchev–Trinajstić information content (AvgIpc) is 3.38. The van der Waals surface area contributed by atoms with Crippen molar-refractivity contribution in [1.82, 2.24) is 4.90 Å². The Morgan fingerprint density at radius 1 is 0.971 bits per heavy atom. The lowest BCUT2D eigenvalue weighted by Gasteiger charge is -2.36. The lowest BCUT2D eigenvalue weighted by atomic mass is 9.92. The normalized spacial score (nSPS) is 12.8. The van der Waals surface area contributed by atoms with Crippen molar-refractivity contribution >= 4 is 34.5 Å². The van der Waals surface area contributed by atoms with Gasteiger partial charge in [0.15, 0.2) is 0 Å². The van der Waals surface area contributed by atoms with Crippen molar-refractivity contribution in [2.75, 3.05) is 24.3 Å². The van der Waals surface area contributed by atoms with Gasteiger partial charge in [-0.25, -0.2) is 0 Å². The Balaban J connectivity index is 1.96. The Kier molecular flexibility index (Phi) is 9.10. The maximum absolute atomic E-state index is 14.0. The number of carbonyl (C=O) groups excluding carboxylic acids is 2. The second kappa shape index (κ2) is 12.0. The van der Waals surface area contributed by atoms with Crippen molar-refractivity contribution in [3.63, 3.8) is 0 Å². The van der Waals surface area contributed by atoms with Crippen LogP contribution in [0.4, 0.5) is 11.4 Å². The smallest absolute Gasteiger partial charge is 0.265 e. The fraction of sp³-hybridized carbons (Fsp3) is 0.379. The van der Waals surface area contributed by atoms with Gasteiger partial charge < -0.3 is 15.1 Å². The molecule has 0 fully saturated rings. The van der Waals surface area contributed by atoms with Gasteiger partial charge in [-0.05, 0) is 60.0 Å². The molecule has 1 N–H and O–H groups in total. The zero-order valence-electron chi connectivity index (χ0n) is 21.6. The monoisotopic (exact) mass is 491 g/mol. The predicted molar refractivity (Wildman–Crippen MR) is 147 cm³/mol. The highest BCUT2D eigenvalue weighted by atomic mass is 32.1. The van der Waals surface area contributed by atoms with E-state index >= 15 is 0 Å². The van der Waals surface area contributed by atoms with Crippen LogP contribution in [-0.4, -0.2) is 36.9 Å². The van der Waals surface area contributed by atoms with Crippen LogP contribution >= 0.6 is 11.3 Å². The van der Waals surface area contributed by atoms with Crippen molar-refractivity contribution < 1.29 is 9.59 Å². The van der Waals surface area contributed by atoms with Crippen LogP contribution in [0.1, 0.15) is 60.8 Å². The Labute approximate surface area is 213 Å². The first-order valence-corrected chi connectivity index (χ1v) is 13.1. The van der Waals surface area contributed by atoms with E-state index in [0.717, 1.165) is 28.9 Å². The lowest BCUT2D eigenvalue weighted by molar-refractivity contribution is -0.136. The van der Waals surface area contributed by atoms with Crippen molar-refractivity contribution in [2.45, 2.75) is 52.6 Å². The summed E-state index contributed by atoms with van der Waals surface area (Å²) in [4.78, 5) is 31.3. The third-order valence-electron chi connectivity index (χ3n) is 6.55. The maximum Gasteiger partial charge on any atom is 0.265 e. The zero-order valence-corrected chi connectivity index (χ0v) is 22.4. The van der Waals surface area contributed by atoms with Gasteiger partial charge in [0.2, 0.25) is 5.91 Å². The van der Waals surface area contributed by atoms with Crippen molar-refractivity contribution in [3.8, 4) is 0 Å². The first kappa shape index (κ1) is 26.5. The molecule has 5 nitrogen and oxygen atoms in total. The van der Waals surface area contributed by atoms with E-state index < -0.39 is 0 Å². The summed E-state index contributed by atoms with van der Waals surface area (Å²) in [5, 5.41) is 4.91. The third-order valence-corrected chi connectivity index (χ3v) is 7.42. The summed E-state index contributed by atoms with van der Waals surface area (Å²) >= 11 is 1.41. The number of nitrogens with one attached hydrogen (secondary N) is 1. The summed E-state index contributed by atoms with van der Waals surface area (Å²) in [6, 6.07) is 19.7. The minimum Gasteiger partial charge on any atom is -0.377 e. The molecule has 3 rings (SSSR count). The Morgan fingerprint density at radius 2 is 1.69 bits per heavy atom. The lowest BCUT2D eigenvalue weighted by Crippen LogP contribution is -2.43. The molecule has 0 saturated heterocycles. The van der Waals surface area contributed by atoms with Gasteiger partial charge in [0.05, 0.1) is 10.8 Å². The Hall–Kier alpha value is -3.12. The van der Waals surface area contributed by atoms with E-state index in [9.17, 15) is 9.59 Å². The van der Waals surface area contributed by atoms with Gasteiger partial charge >= 0.3 is 0 Å². The molecule has 0 saturated carbocycles. The number of hydrogen-bond acceptors (Lipinski definition) is 4. The SMILES string of the molecule is CC[C@@H](C(=O)N(Cc1cc(NC(=O)c2cccs2)ccc1N(C)C)[C@@H](C)C(C)C)c1ccccc1. The van der Waals surface area contributed by atoms with Gasteiger partial charge in [0, 0.05) is 38.1 Å². The number of benzene rings is 2. The first-order valence-electron chi connectivity index (χ1n) is 12.2. The molecule has 0 spiro atoms. The number of nitrogens with zero attached hydrogens (tertiary/aromatic N) is 2. The fourth-order valence-electron chi connectivity index (χ4n) is 4.23. The van der Waals surface area contributed by atoms with Gasteiger partial charge in [-0.2, -0.15) is 0 Å². The van der Waals surface area contributed by atoms with E-state index in [2.05, 4.69) is 37.9 Å². The largest absolute Gasteiger partial charge is 0.377 e. The van der Waals surface area contributed by atoms with Crippen LogP contribution in [0.3, 0.4) is 0 Å². The van der Waals surface area contributed by atoms with Gasteiger partial charge in [-0.15, -0.1) is 11.3 Å². The average molecular weight is 492 g/mol. The molecule has 0 bridgehead atoms. The minimum atomic E-state index is -0.193. The van der Waals surface area contributed by atoms with Gasteiger partial charge in [0.1, 0.15) is 0 Å². The standard InChI is InChI=1S/C29H37N3O2S/c1-7-25(22-12-9-8-10-13-22)29(34)32(21(4)20(2)3)19-23-18-24(15-16-26(23)31(5)6)30-28(33)27-14-11-17-35-27/h8-18,20-21,25H,7,19H2,1-6H3,(H,30,33)/t21-,25+/m0/s1. The van der Waals surface area contributed by atoms with E-state index in [-0.39, 0.29) is 23.8 Å². The second-order valence-electron chi connectivity index (χ2n) is 9.49. The molecule has 2 atom stereocenters. The molecule has 1 heterocycles. The van der Waals surface area contributed by atoms with Crippen molar-refractivity contribution in [3.05, 3.63) is 82.0 Å². The van der Waals surface area contributed by atoms with E-state index in [0.29, 0.717) is 17.3 Å². The number of hydrogen-bond donors (Lipinski definition) is 1. The highest BCUT2D eigenvalue weighted by molar-refractivity contribution is 7.12. The number of carbonyl (C=O) groups is 2. The van der Waals surface area contributed by atoms with Crippen LogP contribution in [0.5, 0.6) is 0 Å². The second-order valence-corrected chi connectivity index (χ2v) is 10.4. The molecule has 0 aliphatic carbocycles. The van der Waals surface area contributed by atoms with E-state index in [1.807, 2.05) is 85.0 Å². The van der Waals surface area contributed by atoms with Crippen LogP contribution in [0.25, 0.3) is 0 Å². The summed E-state index contributed by atoms with van der Waals surface area (Å²) in [7, 11) is 4.00. The molecule has 0 aliphatic rings. The van der Waals surface area contributed by atoms with Crippen LogP contribution in [-0.2, 0) is 11.3 Å². The topological polar surface area (TPSA) is 52.7 Å². The summed E-state index contributed by atoms with van der Waals surface area (Å²) < 4.78 is 0. The summed E-state index contributed by atoms with van der Waals surface area (Å²) in [6.07, 6.45) is 0.738. The zero-order chi connectivity index (χ0) is 25.5. The third kappa shape index (κ3) is 6.51. The van der Waals surface area contributed by atoms with Crippen molar-refractivity contribution in [2.24, 2.45) is 5.92 Å². The quantitative estimate of drug-likeness (QED) is 0.346. The molecule has 1 aromatic heterocycles. The van der Waals surface area contributed by atoms with Gasteiger partial charge in [-0.3, -0.25) is 9.59 Å². The van der Waals surface area contributed by atoms with E-state index in [1.165, 1.54) is 11.3 Å². The number of amides is 2. The minimum absolute atomic E-state index is 0.0552. The summed E-state index contributed by atoms with van der Waals surface area (Å²) in [5.74, 6) is 0.124. The molecule has 2 aromatic carbocycles. The number of thiophene rings is 1. The van der Waals surface area contributed by atoms with Crippen molar-refractivity contribution in [1.29, 1.82) is 0 Å².